The number of hydrogen-bond acceptors (Lipinski definition) is 4. The Morgan fingerprint density at radius 3 is 2.75 bits per heavy atom. The van der Waals surface area contributed by atoms with Crippen molar-refractivity contribution in [2.45, 2.75) is 26.3 Å². The van der Waals surface area contributed by atoms with Crippen molar-refractivity contribution in [1.29, 1.82) is 0 Å². The minimum Gasteiger partial charge on any atom is -0.490 e. The van der Waals surface area contributed by atoms with Crippen LogP contribution >= 0.6 is 0 Å². The summed E-state index contributed by atoms with van der Waals surface area (Å²) in [7, 11) is 0. The number of nitrogens with zero attached hydrogens (tertiary/aromatic N) is 3. The lowest BCUT2D eigenvalue weighted by Gasteiger charge is -2.15. The topological polar surface area (TPSA) is 66.0 Å². The second kappa shape index (κ2) is 6.97. The molecule has 0 aliphatic rings. The summed E-state index contributed by atoms with van der Waals surface area (Å²) in [5.74, 6) is 1.51. The largest absolute Gasteiger partial charge is 0.490 e. The molecule has 2 N–H and O–H groups in total. The van der Waals surface area contributed by atoms with Gasteiger partial charge in [-0.3, -0.25) is 9.55 Å². The van der Waals surface area contributed by atoms with E-state index in [2.05, 4.69) is 23.8 Å². The van der Waals surface area contributed by atoms with Crippen molar-refractivity contribution in [2.75, 3.05) is 6.61 Å². The van der Waals surface area contributed by atoms with Gasteiger partial charge in [-0.05, 0) is 30.5 Å². The first kappa shape index (κ1) is 16.4. The first-order valence-electron chi connectivity index (χ1n) is 8.00. The fraction of sp³-hybridized carbons (Fsp3) is 0.333. The molecule has 0 aliphatic carbocycles. The molecule has 0 spiro atoms. The van der Waals surface area contributed by atoms with Crippen LogP contribution in [0.5, 0.6) is 5.75 Å². The fourth-order valence-corrected chi connectivity index (χ4v) is 2.66. The van der Waals surface area contributed by atoms with E-state index in [-0.39, 0.29) is 11.9 Å². The second-order valence-electron chi connectivity index (χ2n) is 6.30. The van der Waals surface area contributed by atoms with Gasteiger partial charge in [0.25, 0.3) is 0 Å². The van der Waals surface area contributed by atoms with Gasteiger partial charge in [0.05, 0.1) is 23.4 Å². The summed E-state index contributed by atoms with van der Waals surface area (Å²) in [6, 6.07) is 6.94. The summed E-state index contributed by atoms with van der Waals surface area (Å²) in [5.41, 5.74) is 7.41. The number of aromatic nitrogens is 3. The first-order valence-corrected chi connectivity index (χ1v) is 8.00. The number of nitrogens with two attached hydrogens (primary N) is 1. The Balaban J connectivity index is 1.73. The summed E-state index contributed by atoms with van der Waals surface area (Å²) >= 11 is 0. The zero-order valence-corrected chi connectivity index (χ0v) is 13.8. The SMILES string of the molecule is CC(C)C[C@H](N)COc1ccc(-n2ccc3ncc(F)cc32)nc1. The van der Waals surface area contributed by atoms with Crippen LogP contribution in [0.15, 0.2) is 42.9 Å². The summed E-state index contributed by atoms with van der Waals surface area (Å²) in [5, 5.41) is 0. The first-order chi connectivity index (χ1) is 11.5. The predicted molar refractivity (Wildman–Crippen MR) is 91.7 cm³/mol. The summed E-state index contributed by atoms with van der Waals surface area (Å²) < 4.78 is 20.9. The van der Waals surface area contributed by atoms with Crippen molar-refractivity contribution in [3.63, 3.8) is 0 Å². The van der Waals surface area contributed by atoms with E-state index in [0.717, 1.165) is 11.9 Å². The monoisotopic (exact) mass is 328 g/mol. The highest BCUT2D eigenvalue weighted by molar-refractivity contribution is 5.77. The smallest absolute Gasteiger partial charge is 0.143 e. The maximum Gasteiger partial charge on any atom is 0.143 e. The van der Waals surface area contributed by atoms with Crippen LogP contribution in [0.1, 0.15) is 20.3 Å². The van der Waals surface area contributed by atoms with E-state index >= 15 is 0 Å². The molecule has 3 heterocycles. The van der Waals surface area contributed by atoms with Crippen molar-refractivity contribution >= 4 is 11.0 Å². The Bertz CT molecular complexity index is 814. The lowest BCUT2D eigenvalue weighted by atomic mass is 10.1. The van der Waals surface area contributed by atoms with Gasteiger partial charge in [0.15, 0.2) is 0 Å². The minimum atomic E-state index is -0.374. The fourth-order valence-electron chi connectivity index (χ4n) is 2.66. The van der Waals surface area contributed by atoms with Crippen molar-refractivity contribution in [2.24, 2.45) is 11.7 Å². The van der Waals surface area contributed by atoms with E-state index in [1.54, 1.807) is 10.8 Å². The molecule has 3 rings (SSSR count). The predicted octanol–water partition coefficient (Wildman–Crippen LogP) is 3.31. The quantitative estimate of drug-likeness (QED) is 0.754. The Morgan fingerprint density at radius 2 is 2.04 bits per heavy atom. The Morgan fingerprint density at radius 1 is 1.21 bits per heavy atom. The van der Waals surface area contributed by atoms with E-state index in [0.29, 0.717) is 29.6 Å². The summed E-state index contributed by atoms with van der Waals surface area (Å²) in [6.45, 7) is 4.73. The average molecular weight is 328 g/mol. The molecule has 126 valence electrons. The van der Waals surface area contributed by atoms with Gasteiger partial charge < -0.3 is 10.5 Å². The van der Waals surface area contributed by atoms with Crippen molar-refractivity contribution in [3.8, 4) is 11.6 Å². The Labute approximate surface area is 140 Å². The molecular formula is C18H21FN4O. The molecule has 0 fully saturated rings. The van der Waals surface area contributed by atoms with Gasteiger partial charge in [0.1, 0.15) is 24.0 Å². The minimum absolute atomic E-state index is 0.00659. The molecule has 0 aliphatic heterocycles. The van der Waals surface area contributed by atoms with Gasteiger partial charge in [0.2, 0.25) is 0 Å². The molecule has 1 atom stereocenters. The van der Waals surface area contributed by atoms with E-state index in [4.69, 9.17) is 10.5 Å². The molecule has 0 saturated carbocycles. The molecule has 0 saturated heterocycles. The van der Waals surface area contributed by atoms with Gasteiger partial charge >= 0.3 is 0 Å². The molecule has 6 heteroatoms. The average Bonchev–Trinajstić information content (AvgIpc) is 2.96. The van der Waals surface area contributed by atoms with E-state index in [1.807, 2.05) is 24.4 Å². The number of rotatable bonds is 6. The van der Waals surface area contributed by atoms with Crippen LogP contribution in [0.2, 0.25) is 0 Å². The molecular weight excluding hydrogens is 307 g/mol. The van der Waals surface area contributed by atoms with Crippen LogP contribution in [-0.2, 0) is 0 Å². The maximum atomic E-state index is 13.4. The summed E-state index contributed by atoms with van der Waals surface area (Å²) in [6.07, 6.45) is 5.59. The third-order valence-corrected chi connectivity index (χ3v) is 3.71. The third kappa shape index (κ3) is 3.71. The van der Waals surface area contributed by atoms with E-state index in [9.17, 15) is 4.39 Å². The molecule has 0 unspecified atom stereocenters. The highest BCUT2D eigenvalue weighted by Crippen LogP contribution is 2.20. The number of ether oxygens (including phenoxy) is 1. The van der Waals surface area contributed by atoms with Gasteiger partial charge in [-0.2, -0.15) is 0 Å². The molecule has 0 bridgehead atoms. The number of hydrogen-bond donors (Lipinski definition) is 1. The van der Waals surface area contributed by atoms with Crippen molar-refractivity contribution < 1.29 is 9.13 Å². The molecule has 24 heavy (non-hydrogen) atoms. The lowest BCUT2D eigenvalue weighted by Crippen LogP contribution is -2.29. The van der Waals surface area contributed by atoms with Crippen LogP contribution in [-0.4, -0.2) is 27.2 Å². The zero-order chi connectivity index (χ0) is 17.1. The molecule has 3 aromatic heterocycles. The summed E-state index contributed by atoms with van der Waals surface area (Å²) in [4.78, 5) is 8.44. The molecule has 0 amide bonds. The van der Waals surface area contributed by atoms with Gasteiger partial charge in [-0.15, -0.1) is 0 Å². The van der Waals surface area contributed by atoms with Crippen LogP contribution in [0.25, 0.3) is 16.9 Å². The van der Waals surface area contributed by atoms with Crippen LogP contribution in [0, 0.1) is 11.7 Å². The maximum absolute atomic E-state index is 13.4. The van der Waals surface area contributed by atoms with Gasteiger partial charge in [0, 0.05) is 18.3 Å². The normalized spacial score (nSPS) is 12.7. The number of fused-ring (bicyclic) bond motifs is 1. The third-order valence-electron chi connectivity index (χ3n) is 3.71. The Kier molecular flexibility index (Phi) is 4.76. The molecule has 0 aromatic carbocycles. The van der Waals surface area contributed by atoms with Crippen LogP contribution < -0.4 is 10.5 Å². The number of halogens is 1. The standard InChI is InChI=1S/C18H21FN4O/c1-12(2)7-14(20)11-24-15-3-4-18(22-10-15)23-6-5-16-17(23)8-13(19)9-21-16/h3-6,8-10,12,14H,7,11,20H2,1-2H3/t14-/m0/s1. The van der Waals surface area contributed by atoms with Crippen LogP contribution in [0.4, 0.5) is 4.39 Å². The highest BCUT2D eigenvalue weighted by Gasteiger charge is 2.09. The van der Waals surface area contributed by atoms with Gasteiger partial charge in [-0.25, -0.2) is 9.37 Å². The lowest BCUT2D eigenvalue weighted by molar-refractivity contribution is 0.270. The Hall–Kier alpha value is -2.47. The second-order valence-corrected chi connectivity index (χ2v) is 6.30. The molecule has 5 nitrogen and oxygen atoms in total. The molecule has 0 radical (unpaired) electrons. The van der Waals surface area contributed by atoms with Crippen molar-refractivity contribution in [3.05, 3.63) is 48.7 Å². The van der Waals surface area contributed by atoms with E-state index < -0.39 is 0 Å². The molecule has 3 aromatic rings. The van der Waals surface area contributed by atoms with E-state index in [1.165, 1.54) is 12.3 Å². The highest BCUT2D eigenvalue weighted by atomic mass is 19.1. The van der Waals surface area contributed by atoms with Crippen molar-refractivity contribution in [1.82, 2.24) is 14.5 Å². The number of pyridine rings is 2. The van der Waals surface area contributed by atoms with Crippen LogP contribution in [0.3, 0.4) is 0 Å². The zero-order valence-electron chi connectivity index (χ0n) is 13.8. The van der Waals surface area contributed by atoms with Gasteiger partial charge in [-0.1, -0.05) is 13.8 Å².